The third-order valence-corrected chi connectivity index (χ3v) is 1.83. The van der Waals surface area contributed by atoms with Crippen molar-refractivity contribution in [1.29, 1.82) is 0 Å². The highest BCUT2D eigenvalue weighted by molar-refractivity contribution is 5.32. The molecule has 0 amide bonds. The second-order valence-corrected chi connectivity index (χ2v) is 3.27. The van der Waals surface area contributed by atoms with Gasteiger partial charge in [-0.05, 0) is 20.8 Å². The fourth-order valence-electron chi connectivity index (χ4n) is 1.09. The number of anilines is 1. The van der Waals surface area contributed by atoms with Gasteiger partial charge in [-0.1, -0.05) is 6.08 Å². The van der Waals surface area contributed by atoms with Crippen LogP contribution in [-0.2, 0) is 0 Å². The SMILES string of the molecule is C=CC(C)Nc1nc(C)cc(OCC)n1. The van der Waals surface area contributed by atoms with Crippen LogP contribution in [0.1, 0.15) is 19.5 Å². The molecule has 0 aromatic carbocycles. The highest BCUT2D eigenvalue weighted by Crippen LogP contribution is 2.12. The number of nitrogens with one attached hydrogen (secondary N) is 1. The molecule has 1 aromatic heterocycles. The van der Waals surface area contributed by atoms with Crippen molar-refractivity contribution in [3.05, 3.63) is 24.4 Å². The minimum Gasteiger partial charge on any atom is -0.478 e. The van der Waals surface area contributed by atoms with Crippen molar-refractivity contribution in [1.82, 2.24) is 9.97 Å². The minimum atomic E-state index is 0.140. The summed E-state index contributed by atoms with van der Waals surface area (Å²) in [4.78, 5) is 8.47. The maximum atomic E-state index is 5.33. The van der Waals surface area contributed by atoms with Crippen LogP contribution in [0.3, 0.4) is 0 Å². The Kier molecular flexibility index (Phi) is 4.09. The molecule has 4 nitrogen and oxygen atoms in total. The Hall–Kier alpha value is -1.58. The molecule has 4 heteroatoms. The fourth-order valence-corrected chi connectivity index (χ4v) is 1.09. The number of aryl methyl sites for hydroxylation is 1. The summed E-state index contributed by atoms with van der Waals surface area (Å²) in [5, 5.41) is 3.11. The van der Waals surface area contributed by atoms with Crippen LogP contribution in [0.15, 0.2) is 18.7 Å². The quantitative estimate of drug-likeness (QED) is 0.752. The van der Waals surface area contributed by atoms with E-state index >= 15 is 0 Å². The molecule has 1 atom stereocenters. The Morgan fingerprint density at radius 3 is 2.93 bits per heavy atom. The first-order valence-electron chi connectivity index (χ1n) is 5.03. The monoisotopic (exact) mass is 207 g/mol. The smallest absolute Gasteiger partial charge is 0.226 e. The average Bonchev–Trinajstić information content (AvgIpc) is 2.17. The van der Waals surface area contributed by atoms with Gasteiger partial charge in [0.05, 0.1) is 6.61 Å². The Morgan fingerprint density at radius 1 is 1.60 bits per heavy atom. The van der Waals surface area contributed by atoms with E-state index in [0.29, 0.717) is 18.4 Å². The summed E-state index contributed by atoms with van der Waals surface area (Å²) in [6, 6.07) is 1.95. The molecule has 1 aromatic rings. The van der Waals surface area contributed by atoms with Crippen molar-refractivity contribution in [3.63, 3.8) is 0 Å². The van der Waals surface area contributed by atoms with Gasteiger partial charge in [0.15, 0.2) is 0 Å². The first-order valence-corrected chi connectivity index (χ1v) is 5.03. The predicted octanol–water partition coefficient (Wildman–Crippen LogP) is 2.17. The number of aromatic nitrogens is 2. The van der Waals surface area contributed by atoms with Crippen molar-refractivity contribution in [2.24, 2.45) is 0 Å². The highest BCUT2D eigenvalue weighted by Gasteiger charge is 2.04. The second kappa shape index (κ2) is 5.34. The Balaban J connectivity index is 2.83. The zero-order valence-corrected chi connectivity index (χ0v) is 9.45. The highest BCUT2D eigenvalue weighted by atomic mass is 16.5. The lowest BCUT2D eigenvalue weighted by atomic mass is 10.3. The van der Waals surface area contributed by atoms with Crippen LogP contribution in [0.25, 0.3) is 0 Å². The van der Waals surface area contributed by atoms with Gasteiger partial charge in [0.1, 0.15) is 0 Å². The molecule has 15 heavy (non-hydrogen) atoms. The zero-order valence-electron chi connectivity index (χ0n) is 9.45. The van der Waals surface area contributed by atoms with Gasteiger partial charge in [-0.15, -0.1) is 6.58 Å². The molecular weight excluding hydrogens is 190 g/mol. The summed E-state index contributed by atoms with van der Waals surface area (Å²) in [7, 11) is 0. The van der Waals surface area contributed by atoms with E-state index in [0.717, 1.165) is 5.69 Å². The molecule has 0 aliphatic rings. The average molecular weight is 207 g/mol. The standard InChI is InChI=1S/C11H17N3O/c1-5-8(3)12-11-13-9(4)7-10(14-11)15-6-2/h5,7-8H,1,6H2,2-4H3,(H,12,13,14). The van der Waals surface area contributed by atoms with E-state index in [1.54, 1.807) is 6.08 Å². The van der Waals surface area contributed by atoms with Crippen LogP contribution in [0.5, 0.6) is 5.88 Å². The fraction of sp³-hybridized carbons (Fsp3) is 0.455. The van der Waals surface area contributed by atoms with E-state index < -0.39 is 0 Å². The molecule has 0 spiro atoms. The first-order chi connectivity index (χ1) is 7.15. The second-order valence-electron chi connectivity index (χ2n) is 3.27. The number of hydrogen-bond donors (Lipinski definition) is 1. The molecule has 0 bridgehead atoms. The predicted molar refractivity (Wildman–Crippen MR) is 61.2 cm³/mol. The zero-order chi connectivity index (χ0) is 11.3. The topological polar surface area (TPSA) is 47.0 Å². The molecule has 0 saturated carbocycles. The van der Waals surface area contributed by atoms with Crippen molar-refractivity contribution < 1.29 is 4.74 Å². The Bertz CT molecular complexity index is 339. The number of hydrogen-bond acceptors (Lipinski definition) is 4. The van der Waals surface area contributed by atoms with E-state index in [1.807, 2.05) is 26.8 Å². The third kappa shape index (κ3) is 3.58. The molecule has 1 rings (SSSR count). The van der Waals surface area contributed by atoms with E-state index in [9.17, 15) is 0 Å². The van der Waals surface area contributed by atoms with Crippen molar-refractivity contribution in [3.8, 4) is 5.88 Å². The molecule has 0 aliphatic heterocycles. The van der Waals surface area contributed by atoms with Gasteiger partial charge in [0, 0.05) is 17.8 Å². The summed E-state index contributed by atoms with van der Waals surface area (Å²) in [5.41, 5.74) is 0.882. The summed E-state index contributed by atoms with van der Waals surface area (Å²) in [5.74, 6) is 1.18. The normalized spacial score (nSPS) is 11.9. The lowest BCUT2D eigenvalue weighted by molar-refractivity contribution is 0.326. The third-order valence-electron chi connectivity index (χ3n) is 1.83. The van der Waals surface area contributed by atoms with Gasteiger partial charge in [0.2, 0.25) is 11.8 Å². The van der Waals surface area contributed by atoms with Crippen molar-refractivity contribution >= 4 is 5.95 Å². The Labute approximate surface area is 90.4 Å². The van der Waals surface area contributed by atoms with E-state index in [4.69, 9.17) is 4.74 Å². The molecule has 0 radical (unpaired) electrons. The maximum absolute atomic E-state index is 5.33. The Morgan fingerprint density at radius 2 is 2.33 bits per heavy atom. The van der Waals surface area contributed by atoms with Crippen LogP contribution < -0.4 is 10.1 Å². The summed E-state index contributed by atoms with van der Waals surface area (Å²) in [6.45, 7) is 10.1. The first kappa shape index (κ1) is 11.5. The molecule has 1 unspecified atom stereocenters. The van der Waals surface area contributed by atoms with E-state index in [-0.39, 0.29) is 6.04 Å². The van der Waals surface area contributed by atoms with Crippen LogP contribution in [0.4, 0.5) is 5.95 Å². The van der Waals surface area contributed by atoms with Crippen molar-refractivity contribution in [2.75, 3.05) is 11.9 Å². The van der Waals surface area contributed by atoms with Gasteiger partial charge in [-0.2, -0.15) is 4.98 Å². The number of ether oxygens (including phenoxy) is 1. The lowest BCUT2D eigenvalue weighted by Crippen LogP contribution is -2.14. The number of rotatable bonds is 5. The van der Waals surface area contributed by atoms with Crippen LogP contribution >= 0.6 is 0 Å². The molecule has 0 saturated heterocycles. The van der Waals surface area contributed by atoms with Gasteiger partial charge in [-0.3, -0.25) is 0 Å². The van der Waals surface area contributed by atoms with Crippen LogP contribution in [0, 0.1) is 6.92 Å². The number of nitrogens with zero attached hydrogens (tertiary/aromatic N) is 2. The van der Waals surface area contributed by atoms with Gasteiger partial charge in [-0.25, -0.2) is 4.98 Å². The summed E-state index contributed by atoms with van der Waals surface area (Å²) < 4.78 is 5.33. The van der Waals surface area contributed by atoms with E-state index in [2.05, 4.69) is 21.9 Å². The molecule has 1 heterocycles. The molecule has 1 N–H and O–H groups in total. The van der Waals surface area contributed by atoms with Gasteiger partial charge in [0.25, 0.3) is 0 Å². The van der Waals surface area contributed by atoms with Crippen LogP contribution in [-0.4, -0.2) is 22.6 Å². The van der Waals surface area contributed by atoms with Gasteiger partial charge < -0.3 is 10.1 Å². The largest absolute Gasteiger partial charge is 0.478 e. The van der Waals surface area contributed by atoms with Gasteiger partial charge >= 0.3 is 0 Å². The minimum absolute atomic E-state index is 0.140. The molecule has 0 aliphatic carbocycles. The lowest BCUT2D eigenvalue weighted by Gasteiger charge is -2.10. The molecular formula is C11H17N3O. The molecule has 0 fully saturated rings. The maximum Gasteiger partial charge on any atom is 0.226 e. The summed E-state index contributed by atoms with van der Waals surface area (Å²) in [6.07, 6.45) is 1.80. The van der Waals surface area contributed by atoms with Crippen LogP contribution in [0.2, 0.25) is 0 Å². The van der Waals surface area contributed by atoms with Crippen molar-refractivity contribution in [2.45, 2.75) is 26.8 Å². The van der Waals surface area contributed by atoms with E-state index in [1.165, 1.54) is 0 Å². The molecule has 82 valence electrons. The summed E-state index contributed by atoms with van der Waals surface area (Å²) >= 11 is 0.